The summed E-state index contributed by atoms with van der Waals surface area (Å²) in [7, 11) is 0. The van der Waals surface area contributed by atoms with Gasteiger partial charge in [0.05, 0.1) is 0 Å². The van der Waals surface area contributed by atoms with Crippen molar-refractivity contribution in [1.29, 1.82) is 0 Å². The van der Waals surface area contributed by atoms with Crippen LogP contribution in [0.1, 0.15) is 30.7 Å². The van der Waals surface area contributed by atoms with Gasteiger partial charge in [-0.15, -0.1) is 0 Å². The first-order chi connectivity index (χ1) is 9.66. The first-order valence-corrected chi connectivity index (χ1v) is 7.02. The Bertz CT molecular complexity index is 540. The van der Waals surface area contributed by atoms with E-state index in [0.29, 0.717) is 19.0 Å². The smallest absolute Gasteiger partial charge is 0.312 e. The average molecular weight is 274 g/mol. The Morgan fingerprint density at radius 3 is 2.75 bits per heavy atom. The molecule has 0 bridgehead atoms. The quantitative estimate of drug-likeness (QED) is 0.850. The summed E-state index contributed by atoms with van der Waals surface area (Å²) in [6.45, 7) is 0.914. The van der Waals surface area contributed by atoms with E-state index in [1.54, 1.807) is 11.0 Å². The molecule has 1 aromatic carbocycles. The number of carboxylic acids is 1. The number of hydrogen-bond acceptors (Lipinski definition) is 3. The molecular weight excluding hydrogens is 256 g/mol. The number of para-hydroxylation sites is 1. The van der Waals surface area contributed by atoms with Gasteiger partial charge in [0.25, 0.3) is 0 Å². The van der Waals surface area contributed by atoms with Gasteiger partial charge in [-0.05, 0) is 24.5 Å². The van der Waals surface area contributed by atoms with Gasteiger partial charge in [-0.25, -0.2) is 0 Å². The van der Waals surface area contributed by atoms with Gasteiger partial charge in [0.1, 0.15) is 5.92 Å². The van der Waals surface area contributed by atoms with Crippen LogP contribution in [0.25, 0.3) is 0 Å². The Morgan fingerprint density at radius 2 is 2.05 bits per heavy atom. The van der Waals surface area contributed by atoms with Crippen LogP contribution >= 0.6 is 0 Å². The van der Waals surface area contributed by atoms with E-state index in [0.717, 1.165) is 11.3 Å². The van der Waals surface area contributed by atoms with Gasteiger partial charge in [-0.1, -0.05) is 18.2 Å². The fraction of sp³-hybridized carbons (Fsp3) is 0.467. The number of carbonyl (C=O) groups is 2. The maximum atomic E-state index is 12.3. The Hall–Kier alpha value is -1.88. The van der Waals surface area contributed by atoms with E-state index in [-0.39, 0.29) is 12.5 Å². The Balaban J connectivity index is 1.70. The van der Waals surface area contributed by atoms with Gasteiger partial charge < -0.3 is 15.3 Å². The van der Waals surface area contributed by atoms with Crippen molar-refractivity contribution >= 4 is 17.6 Å². The summed E-state index contributed by atoms with van der Waals surface area (Å²) < 4.78 is 0. The third-order valence-electron chi connectivity index (χ3n) is 3.92. The molecular formula is C15H18N2O3. The molecule has 1 heterocycles. The van der Waals surface area contributed by atoms with Crippen molar-refractivity contribution in [3.63, 3.8) is 0 Å². The summed E-state index contributed by atoms with van der Waals surface area (Å²) in [5, 5.41) is 12.6. The van der Waals surface area contributed by atoms with E-state index in [1.807, 2.05) is 18.2 Å². The maximum absolute atomic E-state index is 12.3. The largest absolute Gasteiger partial charge is 0.481 e. The van der Waals surface area contributed by atoms with Crippen molar-refractivity contribution in [3.05, 3.63) is 29.8 Å². The molecule has 1 aliphatic heterocycles. The van der Waals surface area contributed by atoms with Gasteiger partial charge in [0, 0.05) is 31.2 Å². The molecule has 0 spiro atoms. The van der Waals surface area contributed by atoms with Crippen molar-refractivity contribution in [2.45, 2.75) is 31.2 Å². The first kappa shape index (κ1) is 13.1. The lowest BCUT2D eigenvalue weighted by Gasteiger charge is -2.17. The van der Waals surface area contributed by atoms with E-state index in [2.05, 4.69) is 5.32 Å². The average Bonchev–Trinajstić information content (AvgIpc) is 3.17. The number of amides is 1. The number of carbonyl (C=O) groups excluding carboxylic acids is 1. The number of fused-ring (bicyclic) bond motifs is 1. The molecule has 1 unspecified atom stereocenters. The van der Waals surface area contributed by atoms with Gasteiger partial charge >= 0.3 is 5.97 Å². The summed E-state index contributed by atoms with van der Waals surface area (Å²) >= 11 is 0. The number of rotatable bonds is 5. The monoisotopic (exact) mass is 274 g/mol. The molecule has 0 saturated heterocycles. The molecule has 5 heteroatoms. The molecule has 1 amide bonds. The second kappa shape index (κ2) is 5.25. The number of nitrogens with zero attached hydrogens (tertiary/aromatic N) is 1. The first-order valence-electron chi connectivity index (χ1n) is 7.02. The van der Waals surface area contributed by atoms with Gasteiger partial charge in [-0.3, -0.25) is 9.59 Å². The number of carboxylic acid groups (broad SMARTS) is 1. The van der Waals surface area contributed by atoms with E-state index in [1.165, 1.54) is 12.8 Å². The maximum Gasteiger partial charge on any atom is 0.312 e. The zero-order valence-corrected chi connectivity index (χ0v) is 11.2. The van der Waals surface area contributed by atoms with Crippen LogP contribution in [0, 0.1) is 0 Å². The highest BCUT2D eigenvalue weighted by molar-refractivity contribution is 5.99. The van der Waals surface area contributed by atoms with Crippen LogP contribution in [0.3, 0.4) is 0 Å². The number of nitrogens with one attached hydrogen (secondary N) is 1. The number of hydrogen-bond donors (Lipinski definition) is 2. The standard InChI is InChI=1S/C15H18N2O3/c18-14(7-8-16-10-5-6-10)17-9-12(15(19)20)11-3-1-2-4-13(11)17/h1-4,10,12,16H,5-9H2,(H,19,20). The van der Waals surface area contributed by atoms with Gasteiger partial charge in [0.2, 0.25) is 5.91 Å². The highest BCUT2D eigenvalue weighted by Crippen LogP contribution is 2.36. The summed E-state index contributed by atoms with van der Waals surface area (Å²) in [6, 6.07) is 7.86. The molecule has 1 fully saturated rings. The molecule has 1 aliphatic carbocycles. The second-order valence-corrected chi connectivity index (χ2v) is 5.43. The highest BCUT2D eigenvalue weighted by atomic mass is 16.4. The Labute approximate surface area is 117 Å². The van der Waals surface area contributed by atoms with Crippen LogP contribution < -0.4 is 10.2 Å². The number of aliphatic carboxylic acids is 1. The lowest BCUT2D eigenvalue weighted by Crippen LogP contribution is -2.33. The van der Waals surface area contributed by atoms with Gasteiger partial charge in [0.15, 0.2) is 0 Å². The molecule has 5 nitrogen and oxygen atoms in total. The molecule has 1 saturated carbocycles. The molecule has 2 N–H and O–H groups in total. The Morgan fingerprint density at radius 1 is 1.30 bits per heavy atom. The van der Waals surface area contributed by atoms with Crippen LogP contribution in [0.5, 0.6) is 0 Å². The lowest BCUT2D eigenvalue weighted by atomic mass is 10.0. The minimum absolute atomic E-state index is 0.00523. The van der Waals surface area contributed by atoms with Crippen LogP contribution in [-0.4, -0.2) is 36.1 Å². The molecule has 3 rings (SSSR count). The third kappa shape index (κ3) is 2.54. The van der Waals surface area contributed by atoms with Crippen molar-refractivity contribution in [2.75, 3.05) is 18.0 Å². The Kier molecular flexibility index (Phi) is 3.44. The zero-order chi connectivity index (χ0) is 14.1. The molecule has 0 aromatic heterocycles. The second-order valence-electron chi connectivity index (χ2n) is 5.43. The third-order valence-corrected chi connectivity index (χ3v) is 3.92. The van der Waals surface area contributed by atoms with E-state index in [4.69, 9.17) is 0 Å². The molecule has 1 atom stereocenters. The fourth-order valence-electron chi connectivity index (χ4n) is 2.66. The van der Waals surface area contributed by atoms with Gasteiger partial charge in [-0.2, -0.15) is 0 Å². The number of anilines is 1. The summed E-state index contributed by atoms with van der Waals surface area (Å²) in [4.78, 5) is 25.2. The van der Waals surface area contributed by atoms with Crippen molar-refractivity contribution in [2.24, 2.45) is 0 Å². The highest BCUT2D eigenvalue weighted by Gasteiger charge is 2.36. The van der Waals surface area contributed by atoms with Crippen LogP contribution in [0.15, 0.2) is 24.3 Å². The van der Waals surface area contributed by atoms with Crippen molar-refractivity contribution in [3.8, 4) is 0 Å². The fourth-order valence-corrected chi connectivity index (χ4v) is 2.66. The minimum Gasteiger partial charge on any atom is -0.481 e. The summed E-state index contributed by atoms with van der Waals surface area (Å²) in [6.07, 6.45) is 2.81. The SMILES string of the molecule is O=C(O)C1CN(C(=O)CCNC2CC2)c2ccccc21. The normalized spacial score (nSPS) is 20.8. The predicted molar refractivity (Wildman–Crippen MR) is 74.8 cm³/mol. The summed E-state index contributed by atoms with van der Waals surface area (Å²) in [5.74, 6) is -1.48. The predicted octanol–water partition coefficient (Wildman–Crippen LogP) is 1.34. The van der Waals surface area contributed by atoms with Crippen molar-refractivity contribution < 1.29 is 14.7 Å². The van der Waals surface area contributed by atoms with E-state index in [9.17, 15) is 14.7 Å². The molecule has 0 radical (unpaired) electrons. The lowest BCUT2D eigenvalue weighted by molar-refractivity contribution is -0.138. The molecule has 106 valence electrons. The van der Waals surface area contributed by atoms with Crippen LogP contribution in [0.4, 0.5) is 5.69 Å². The molecule has 2 aliphatic rings. The summed E-state index contributed by atoms with van der Waals surface area (Å²) in [5.41, 5.74) is 1.49. The molecule has 20 heavy (non-hydrogen) atoms. The van der Waals surface area contributed by atoms with Crippen LogP contribution in [-0.2, 0) is 9.59 Å². The minimum atomic E-state index is -0.871. The van der Waals surface area contributed by atoms with E-state index >= 15 is 0 Å². The van der Waals surface area contributed by atoms with Crippen LogP contribution in [0.2, 0.25) is 0 Å². The zero-order valence-electron chi connectivity index (χ0n) is 11.2. The van der Waals surface area contributed by atoms with Crippen molar-refractivity contribution in [1.82, 2.24) is 5.32 Å². The number of benzene rings is 1. The topological polar surface area (TPSA) is 69.6 Å². The molecule has 1 aromatic rings. The van der Waals surface area contributed by atoms with E-state index < -0.39 is 11.9 Å².